The van der Waals surface area contributed by atoms with E-state index in [-0.39, 0.29) is 18.1 Å². The van der Waals surface area contributed by atoms with Crippen molar-refractivity contribution in [1.29, 1.82) is 0 Å². The molecule has 6 heteroatoms. The number of anilines is 1. The number of fused-ring (bicyclic) bond motifs is 1. The smallest absolute Gasteiger partial charge is 0.251 e. The number of amides is 1. The van der Waals surface area contributed by atoms with Gasteiger partial charge in [-0.25, -0.2) is 4.39 Å². The van der Waals surface area contributed by atoms with Gasteiger partial charge in [-0.2, -0.15) is 0 Å². The number of nitrogens with one attached hydrogen (secondary N) is 1. The van der Waals surface area contributed by atoms with Crippen molar-refractivity contribution in [3.8, 4) is 17.2 Å². The van der Waals surface area contributed by atoms with Crippen molar-refractivity contribution in [3.05, 3.63) is 47.8 Å². The Labute approximate surface area is 163 Å². The average Bonchev–Trinajstić information content (AvgIpc) is 3.03. The maximum absolute atomic E-state index is 13.7. The van der Waals surface area contributed by atoms with Crippen LogP contribution in [-0.4, -0.2) is 18.8 Å². The number of aryl methyl sites for hydroxylation is 1. The molecule has 0 radical (unpaired) electrons. The van der Waals surface area contributed by atoms with Crippen LogP contribution in [0.4, 0.5) is 10.1 Å². The molecule has 1 aliphatic heterocycles. The van der Waals surface area contributed by atoms with Crippen LogP contribution in [0.25, 0.3) is 0 Å². The molecule has 28 heavy (non-hydrogen) atoms. The molecule has 2 aromatic carbocycles. The normalized spacial score (nSPS) is 16.8. The fourth-order valence-corrected chi connectivity index (χ4v) is 3.81. The van der Waals surface area contributed by atoms with E-state index in [9.17, 15) is 9.18 Å². The number of benzene rings is 2. The molecule has 0 atom stereocenters. The third-order valence-corrected chi connectivity index (χ3v) is 5.29. The van der Waals surface area contributed by atoms with E-state index in [0.29, 0.717) is 17.9 Å². The zero-order chi connectivity index (χ0) is 19.6. The van der Waals surface area contributed by atoms with E-state index in [2.05, 4.69) is 5.32 Å². The number of ether oxygens (including phenoxy) is 3. The Morgan fingerprint density at radius 1 is 1.11 bits per heavy atom. The second-order valence-corrected chi connectivity index (χ2v) is 7.35. The van der Waals surface area contributed by atoms with Gasteiger partial charge in [-0.3, -0.25) is 4.79 Å². The van der Waals surface area contributed by atoms with Crippen LogP contribution in [0.15, 0.2) is 36.4 Å². The van der Waals surface area contributed by atoms with Gasteiger partial charge in [0.1, 0.15) is 0 Å². The van der Waals surface area contributed by atoms with Crippen molar-refractivity contribution in [2.45, 2.75) is 50.7 Å². The van der Waals surface area contributed by atoms with Crippen LogP contribution in [0.1, 0.15) is 44.1 Å². The van der Waals surface area contributed by atoms with Crippen LogP contribution in [0.3, 0.4) is 0 Å². The van der Waals surface area contributed by atoms with Crippen LogP contribution in [0.5, 0.6) is 17.2 Å². The molecule has 1 fully saturated rings. The van der Waals surface area contributed by atoms with Gasteiger partial charge in [-0.15, -0.1) is 0 Å². The van der Waals surface area contributed by atoms with Crippen LogP contribution in [0.2, 0.25) is 0 Å². The highest BCUT2D eigenvalue weighted by Crippen LogP contribution is 2.46. The second kappa shape index (κ2) is 7.70. The minimum atomic E-state index is -0.526. The van der Waals surface area contributed by atoms with Gasteiger partial charge in [0.2, 0.25) is 5.91 Å². The minimum absolute atomic E-state index is 0.137. The molecule has 1 amide bonds. The molecule has 1 aliphatic carbocycles. The monoisotopic (exact) mass is 385 g/mol. The molecule has 1 spiro atoms. The fraction of sp³-hybridized carbons (Fsp3) is 0.409. The first-order valence-electron chi connectivity index (χ1n) is 9.71. The highest BCUT2D eigenvalue weighted by molar-refractivity contribution is 5.91. The molecule has 0 bridgehead atoms. The van der Waals surface area contributed by atoms with E-state index < -0.39 is 11.6 Å². The summed E-state index contributed by atoms with van der Waals surface area (Å²) >= 11 is 0. The topological polar surface area (TPSA) is 56.8 Å². The summed E-state index contributed by atoms with van der Waals surface area (Å²) in [6.45, 7) is 0. The van der Waals surface area contributed by atoms with Gasteiger partial charge in [0.05, 0.1) is 7.11 Å². The van der Waals surface area contributed by atoms with E-state index in [1.165, 1.54) is 19.6 Å². The SMILES string of the molecule is COc1ccc(CCC(=O)Nc2ccc3c(c2)OC2(CCCCC2)O3)cc1F. The van der Waals surface area contributed by atoms with Crippen molar-refractivity contribution < 1.29 is 23.4 Å². The van der Waals surface area contributed by atoms with Crippen LogP contribution < -0.4 is 19.5 Å². The molecule has 1 saturated carbocycles. The van der Waals surface area contributed by atoms with Gasteiger partial charge < -0.3 is 19.5 Å². The van der Waals surface area contributed by atoms with Crippen molar-refractivity contribution in [1.82, 2.24) is 0 Å². The number of hydrogen-bond acceptors (Lipinski definition) is 4. The lowest BCUT2D eigenvalue weighted by molar-refractivity contribution is -0.116. The molecule has 1 heterocycles. The van der Waals surface area contributed by atoms with Gasteiger partial charge in [0.15, 0.2) is 23.1 Å². The third-order valence-electron chi connectivity index (χ3n) is 5.29. The Morgan fingerprint density at radius 3 is 2.64 bits per heavy atom. The predicted molar refractivity (Wildman–Crippen MR) is 103 cm³/mol. The highest BCUT2D eigenvalue weighted by atomic mass is 19.1. The molecule has 2 aliphatic rings. The van der Waals surface area contributed by atoms with Gasteiger partial charge in [-0.1, -0.05) is 12.5 Å². The maximum Gasteiger partial charge on any atom is 0.251 e. The standard InChI is InChI=1S/C22H24FNO4/c1-26-18-8-5-15(13-17(18)23)6-10-21(25)24-16-7-9-19-20(14-16)28-22(27-19)11-3-2-4-12-22/h5,7-9,13-14H,2-4,6,10-12H2,1H3,(H,24,25). The Bertz CT molecular complexity index is 877. The van der Waals surface area contributed by atoms with Gasteiger partial charge in [0.25, 0.3) is 5.79 Å². The number of hydrogen-bond donors (Lipinski definition) is 1. The van der Waals surface area contributed by atoms with Crippen molar-refractivity contribution in [2.75, 3.05) is 12.4 Å². The van der Waals surface area contributed by atoms with Crippen LogP contribution >= 0.6 is 0 Å². The average molecular weight is 385 g/mol. The second-order valence-electron chi connectivity index (χ2n) is 7.35. The van der Waals surface area contributed by atoms with E-state index in [4.69, 9.17) is 14.2 Å². The number of halogens is 1. The van der Waals surface area contributed by atoms with E-state index in [1.807, 2.05) is 18.2 Å². The number of methoxy groups -OCH3 is 1. The number of rotatable bonds is 5. The molecular formula is C22H24FNO4. The van der Waals surface area contributed by atoms with Crippen molar-refractivity contribution >= 4 is 11.6 Å². The zero-order valence-electron chi connectivity index (χ0n) is 15.9. The summed E-state index contributed by atoms with van der Waals surface area (Å²) < 4.78 is 30.8. The molecule has 1 N–H and O–H groups in total. The molecule has 4 rings (SSSR count). The Hall–Kier alpha value is -2.76. The molecular weight excluding hydrogens is 361 g/mol. The summed E-state index contributed by atoms with van der Waals surface area (Å²) in [4.78, 5) is 12.3. The first-order chi connectivity index (χ1) is 13.6. The number of carbonyl (C=O) groups is 1. The summed E-state index contributed by atoms with van der Waals surface area (Å²) in [6, 6.07) is 10.2. The van der Waals surface area contributed by atoms with E-state index >= 15 is 0 Å². The third kappa shape index (κ3) is 3.91. The van der Waals surface area contributed by atoms with Crippen molar-refractivity contribution in [2.24, 2.45) is 0 Å². The van der Waals surface area contributed by atoms with E-state index in [0.717, 1.165) is 37.0 Å². The quantitative estimate of drug-likeness (QED) is 0.800. The molecule has 0 unspecified atom stereocenters. The molecule has 2 aromatic rings. The lowest BCUT2D eigenvalue weighted by Gasteiger charge is -2.31. The summed E-state index contributed by atoms with van der Waals surface area (Å²) in [5.74, 6) is 0.520. The largest absolute Gasteiger partial charge is 0.494 e. The first kappa shape index (κ1) is 18.6. The fourth-order valence-electron chi connectivity index (χ4n) is 3.81. The van der Waals surface area contributed by atoms with Gasteiger partial charge >= 0.3 is 0 Å². The molecule has 0 aromatic heterocycles. The van der Waals surface area contributed by atoms with Gasteiger partial charge in [-0.05, 0) is 49.1 Å². The Kier molecular flexibility index (Phi) is 5.11. The Balaban J connectivity index is 1.34. The van der Waals surface area contributed by atoms with Crippen LogP contribution in [-0.2, 0) is 11.2 Å². The minimum Gasteiger partial charge on any atom is -0.494 e. The zero-order valence-corrected chi connectivity index (χ0v) is 15.9. The summed E-state index contributed by atoms with van der Waals surface area (Å²) in [5, 5.41) is 2.88. The molecule has 0 saturated heterocycles. The summed E-state index contributed by atoms with van der Waals surface area (Å²) in [6.07, 6.45) is 5.89. The highest BCUT2D eigenvalue weighted by Gasteiger charge is 2.42. The van der Waals surface area contributed by atoms with Crippen molar-refractivity contribution in [3.63, 3.8) is 0 Å². The summed E-state index contributed by atoms with van der Waals surface area (Å²) in [7, 11) is 1.42. The van der Waals surface area contributed by atoms with Gasteiger partial charge in [0, 0.05) is 31.0 Å². The lowest BCUT2D eigenvalue weighted by Crippen LogP contribution is -2.40. The summed E-state index contributed by atoms with van der Waals surface area (Å²) in [5.41, 5.74) is 1.42. The lowest BCUT2D eigenvalue weighted by atomic mass is 9.94. The van der Waals surface area contributed by atoms with E-state index in [1.54, 1.807) is 12.1 Å². The predicted octanol–water partition coefficient (Wildman–Crippen LogP) is 4.84. The first-order valence-corrected chi connectivity index (χ1v) is 9.71. The van der Waals surface area contributed by atoms with Crippen LogP contribution in [0, 0.1) is 5.82 Å². The molecule has 5 nitrogen and oxygen atoms in total. The Morgan fingerprint density at radius 2 is 1.89 bits per heavy atom. The maximum atomic E-state index is 13.7. The molecule has 148 valence electrons. The number of carbonyl (C=O) groups excluding carboxylic acids is 1.